The van der Waals surface area contributed by atoms with E-state index in [9.17, 15) is 4.39 Å². The Morgan fingerprint density at radius 2 is 1.83 bits per heavy atom. The van der Waals surface area contributed by atoms with Gasteiger partial charge in [-0.1, -0.05) is 42.8 Å². The van der Waals surface area contributed by atoms with Crippen molar-refractivity contribution in [1.29, 1.82) is 0 Å². The van der Waals surface area contributed by atoms with E-state index in [0.29, 0.717) is 17.1 Å². The Kier molecular flexibility index (Phi) is 4.34. The van der Waals surface area contributed by atoms with Gasteiger partial charge in [-0.2, -0.15) is 0 Å². The van der Waals surface area contributed by atoms with Crippen molar-refractivity contribution in [2.24, 2.45) is 0 Å². The van der Waals surface area contributed by atoms with Gasteiger partial charge in [-0.25, -0.2) is 4.39 Å². The molecule has 0 aliphatic carbocycles. The Bertz CT molecular complexity index is 523. The Morgan fingerprint density at radius 1 is 1.11 bits per heavy atom. The first-order valence-electron chi connectivity index (χ1n) is 5.96. The molecule has 0 heterocycles. The van der Waals surface area contributed by atoms with E-state index in [4.69, 9.17) is 11.6 Å². The number of nitrogens with one attached hydrogen (secondary N) is 1. The summed E-state index contributed by atoms with van der Waals surface area (Å²) in [6, 6.07) is 12.5. The molecule has 0 saturated heterocycles. The summed E-state index contributed by atoms with van der Waals surface area (Å²) in [7, 11) is 0. The van der Waals surface area contributed by atoms with Crippen molar-refractivity contribution in [3.63, 3.8) is 0 Å². The van der Waals surface area contributed by atoms with Crippen molar-refractivity contribution < 1.29 is 4.39 Å². The van der Waals surface area contributed by atoms with E-state index in [0.717, 1.165) is 17.7 Å². The lowest BCUT2D eigenvalue weighted by atomic mass is 10.0. The molecular weight excluding hydrogens is 249 g/mol. The van der Waals surface area contributed by atoms with E-state index in [-0.39, 0.29) is 5.82 Å². The predicted octanol–water partition coefficient (Wildman–Crippen LogP) is 4.26. The van der Waals surface area contributed by atoms with Crippen molar-refractivity contribution in [3.8, 4) is 11.1 Å². The van der Waals surface area contributed by atoms with Crippen LogP contribution >= 0.6 is 11.6 Å². The summed E-state index contributed by atoms with van der Waals surface area (Å²) >= 11 is 5.82. The fourth-order valence-electron chi connectivity index (χ4n) is 1.80. The zero-order valence-corrected chi connectivity index (χ0v) is 11.0. The molecular formula is C15H15ClFN. The van der Waals surface area contributed by atoms with Crippen LogP contribution in [0.15, 0.2) is 42.5 Å². The Balaban J connectivity index is 2.26. The van der Waals surface area contributed by atoms with Gasteiger partial charge in [-0.05, 0) is 35.9 Å². The maximum atomic E-state index is 14.0. The zero-order valence-electron chi connectivity index (χ0n) is 10.2. The minimum Gasteiger partial charge on any atom is -0.313 e. The number of halogens is 2. The van der Waals surface area contributed by atoms with Crippen molar-refractivity contribution in [1.82, 2.24) is 5.32 Å². The summed E-state index contributed by atoms with van der Waals surface area (Å²) < 4.78 is 14.0. The van der Waals surface area contributed by atoms with Crippen molar-refractivity contribution in [2.45, 2.75) is 13.5 Å². The number of hydrogen-bond acceptors (Lipinski definition) is 1. The monoisotopic (exact) mass is 263 g/mol. The third-order valence-corrected chi connectivity index (χ3v) is 3.02. The Morgan fingerprint density at radius 3 is 2.44 bits per heavy atom. The Labute approximate surface area is 112 Å². The molecule has 0 bridgehead atoms. The quantitative estimate of drug-likeness (QED) is 0.869. The molecule has 2 aromatic rings. The highest BCUT2D eigenvalue weighted by Gasteiger charge is 2.05. The molecule has 0 saturated carbocycles. The highest BCUT2D eigenvalue weighted by molar-refractivity contribution is 6.30. The topological polar surface area (TPSA) is 12.0 Å². The van der Waals surface area contributed by atoms with Gasteiger partial charge in [-0.3, -0.25) is 0 Å². The van der Waals surface area contributed by atoms with Gasteiger partial charge in [0.2, 0.25) is 0 Å². The van der Waals surface area contributed by atoms with Gasteiger partial charge < -0.3 is 5.32 Å². The minimum absolute atomic E-state index is 0.201. The molecule has 0 fully saturated rings. The maximum absolute atomic E-state index is 14.0. The molecule has 0 radical (unpaired) electrons. The van der Waals surface area contributed by atoms with Crippen LogP contribution in [0.5, 0.6) is 0 Å². The molecule has 2 aromatic carbocycles. The smallest absolute Gasteiger partial charge is 0.131 e. The summed E-state index contributed by atoms with van der Waals surface area (Å²) in [6.45, 7) is 3.59. The second-order valence-electron chi connectivity index (χ2n) is 4.10. The van der Waals surface area contributed by atoms with Gasteiger partial charge in [0.15, 0.2) is 0 Å². The van der Waals surface area contributed by atoms with Crippen molar-refractivity contribution in [3.05, 3.63) is 58.9 Å². The van der Waals surface area contributed by atoms with Crippen molar-refractivity contribution >= 4 is 11.6 Å². The Hall–Kier alpha value is -1.38. The summed E-state index contributed by atoms with van der Waals surface area (Å²) in [5.74, 6) is -0.201. The molecule has 1 N–H and O–H groups in total. The van der Waals surface area contributed by atoms with Crippen LogP contribution in [0.3, 0.4) is 0 Å². The molecule has 0 aliphatic rings. The van der Waals surface area contributed by atoms with Crippen LogP contribution in [-0.2, 0) is 6.54 Å². The van der Waals surface area contributed by atoms with Gasteiger partial charge in [0, 0.05) is 17.1 Å². The fraction of sp³-hybridized carbons (Fsp3) is 0.200. The maximum Gasteiger partial charge on any atom is 0.131 e. The minimum atomic E-state index is -0.201. The summed E-state index contributed by atoms with van der Waals surface area (Å²) in [5, 5.41) is 3.83. The summed E-state index contributed by atoms with van der Waals surface area (Å²) in [5.41, 5.74) is 2.39. The molecule has 0 spiro atoms. The number of rotatable bonds is 4. The molecule has 0 amide bonds. The first-order chi connectivity index (χ1) is 8.70. The molecule has 3 heteroatoms. The highest BCUT2D eigenvalue weighted by atomic mass is 35.5. The average Bonchev–Trinajstić information content (AvgIpc) is 2.38. The van der Waals surface area contributed by atoms with E-state index < -0.39 is 0 Å². The van der Waals surface area contributed by atoms with Gasteiger partial charge in [0.25, 0.3) is 0 Å². The second kappa shape index (κ2) is 5.98. The molecule has 1 nitrogen and oxygen atoms in total. The summed E-state index contributed by atoms with van der Waals surface area (Å²) in [6.07, 6.45) is 0. The first-order valence-corrected chi connectivity index (χ1v) is 6.33. The highest BCUT2D eigenvalue weighted by Crippen LogP contribution is 2.25. The summed E-state index contributed by atoms with van der Waals surface area (Å²) in [4.78, 5) is 0. The van der Waals surface area contributed by atoms with Crippen LogP contribution in [0.1, 0.15) is 12.5 Å². The lowest BCUT2D eigenvalue weighted by Crippen LogP contribution is -2.11. The molecule has 94 valence electrons. The van der Waals surface area contributed by atoms with Gasteiger partial charge in [0.05, 0.1) is 0 Å². The van der Waals surface area contributed by atoms with Crippen LogP contribution in [0.25, 0.3) is 11.1 Å². The van der Waals surface area contributed by atoms with Crippen LogP contribution in [0, 0.1) is 5.82 Å². The zero-order chi connectivity index (χ0) is 13.0. The normalized spacial score (nSPS) is 10.6. The lowest BCUT2D eigenvalue weighted by molar-refractivity contribution is 0.625. The standard InChI is InChI=1S/C15H15ClFN/c1-2-18-10-11-3-8-14(15(17)9-11)12-4-6-13(16)7-5-12/h3-9,18H,2,10H2,1H3. The van der Waals surface area contributed by atoms with Crippen LogP contribution < -0.4 is 5.32 Å². The van der Waals surface area contributed by atoms with E-state index in [2.05, 4.69) is 5.32 Å². The van der Waals surface area contributed by atoms with Crippen LogP contribution in [-0.4, -0.2) is 6.54 Å². The van der Waals surface area contributed by atoms with Crippen molar-refractivity contribution in [2.75, 3.05) is 6.54 Å². The van der Waals surface area contributed by atoms with E-state index in [1.54, 1.807) is 18.2 Å². The fourth-order valence-corrected chi connectivity index (χ4v) is 1.93. The molecule has 0 aromatic heterocycles. The first kappa shape index (κ1) is 13.1. The number of benzene rings is 2. The third kappa shape index (κ3) is 3.09. The molecule has 0 unspecified atom stereocenters. The van der Waals surface area contributed by atoms with Crippen LogP contribution in [0.4, 0.5) is 4.39 Å². The molecule has 2 rings (SSSR count). The van der Waals surface area contributed by atoms with E-state index in [1.807, 2.05) is 31.2 Å². The van der Waals surface area contributed by atoms with Gasteiger partial charge >= 0.3 is 0 Å². The average molecular weight is 264 g/mol. The van der Waals surface area contributed by atoms with E-state index >= 15 is 0 Å². The lowest BCUT2D eigenvalue weighted by Gasteiger charge is -2.07. The third-order valence-electron chi connectivity index (χ3n) is 2.77. The van der Waals surface area contributed by atoms with Gasteiger partial charge in [0.1, 0.15) is 5.82 Å². The number of hydrogen-bond donors (Lipinski definition) is 1. The van der Waals surface area contributed by atoms with Gasteiger partial charge in [-0.15, -0.1) is 0 Å². The largest absolute Gasteiger partial charge is 0.313 e. The second-order valence-corrected chi connectivity index (χ2v) is 4.54. The molecule has 0 aliphatic heterocycles. The SMILES string of the molecule is CCNCc1ccc(-c2ccc(Cl)cc2)c(F)c1. The van der Waals surface area contributed by atoms with E-state index in [1.165, 1.54) is 0 Å². The van der Waals surface area contributed by atoms with Crippen LogP contribution in [0.2, 0.25) is 5.02 Å². The molecule has 18 heavy (non-hydrogen) atoms. The predicted molar refractivity (Wildman–Crippen MR) is 74.2 cm³/mol. The molecule has 0 atom stereocenters.